The number of ketones is 1. The normalized spacial score (nSPS) is 25.7. The van der Waals surface area contributed by atoms with Gasteiger partial charge in [-0.05, 0) is 42.9 Å². The number of nitro benzene ring substituents is 1. The lowest BCUT2D eigenvalue weighted by atomic mass is 10.1. The molecule has 2 amide bonds. The van der Waals surface area contributed by atoms with Crippen LogP contribution in [0, 0.1) is 10.1 Å². The Balaban J connectivity index is 1.55. The van der Waals surface area contributed by atoms with Gasteiger partial charge < -0.3 is 10.4 Å². The van der Waals surface area contributed by atoms with Crippen LogP contribution in [0.15, 0.2) is 42.5 Å². The third-order valence-electron chi connectivity index (χ3n) is 5.98. The fourth-order valence-electron chi connectivity index (χ4n) is 4.28. The Morgan fingerprint density at radius 3 is 2.41 bits per heavy atom. The summed E-state index contributed by atoms with van der Waals surface area (Å²) in [6.07, 6.45) is 0. The van der Waals surface area contributed by atoms with E-state index in [-0.39, 0.29) is 45.2 Å². The van der Waals surface area contributed by atoms with Gasteiger partial charge in [0, 0.05) is 17.7 Å². The van der Waals surface area contributed by atoms with Crippen LogP contribution < -0.4 is 5.32 Å². The van der Waals surface area contributed by atoms with Gasteiger partial charge in [-0.3, -0.25) is 29.4 Å². The standard InChI is InChI=1S/C21H16N4O6S3/c1-20(11-2-5-13(26)6-3-11)23(16(27)9-33-20)19(32)24-17(28)10-34-21(24)18(29)14-7-4-12(25(30)31)8-15(14)22-21/h2-8,22,26H,9-10H2,1H3. The minimum Gasteiger partial charge on any atom is -0.508 e. The molecule has 0 radical (unpaired) electrons. The summed E-state index contributed by atoms with van der Waals surface area (Å²) in [5.74, 6) is -1.16. The molecule has 2 saturated heterocycles. The minimum absolute atomic E-state index is 0.0634. The molecule has 0 aliphatic carbocycles. The monoisotopic (exact) mass is 516 g/mol. The molecule has 3 aliphatic heterocycles. The van der Waals surface area contributed by atoms with Crippen LogP contribution in [0.2, 0.25) is 0 Å². The van der Waals surface area contributed by atoms with Gasteiger partial charge in [-0.15, -0.1) is 11.8 Å². The minimum atomic E-state index is -1.64. The molecule has 3 heterocycles. The van der Waals surface area contributed by atoms with Crippen LogP contribution >= 0.6 is 35.7 Å². The molecule has 2 aromatic carbocycles. The molecule has 3 aliphatic rings. The Morgan fingerprint density at radius 2 is 1.74 bits per heavy atom. The number of hydrogen-bond acceptors (Lipinski definition) is 10. The van der Waals surface area contributed by atoms with Crippen molar-refractivity contribution in [3.05, 3.63) is 63.7 Å². The largest absolute Gasteiger partial charge is 0.508 e. The molecule has 13 heteroatoms. The summed E-state index contributed by atoms with van der Waals surface area (Å²) < 4.78 is 0. The Labute approximate surface area is 206 Å². The molecule has 10 nitrogen and oxygen atoms in total. The number of Topliss-reactive ketones (excluding diaryl/α,β-unsaturated/α-hetero) is 1. The molecule has 2 atom stereocenters. The van der Waals surface area contributed by atoms with Gasteiger partial charge >= 0.3 is 0 Å². The molecule has 0 saturated carbocycles. The number of benzene rings is 2. The number of thioether (sulfide) groups is 2. The first kappa shape index (κ1) is 22.6. The highest BCUT2D eigenvalue weighted by Crippen LogP contribution is 2.50. The lowest BCUT2D eigenvalue weighted by molar-refractivity contribution is -0.384. The van der Waals surface area contributed by atoms with E-state index in [9.17, 15) is 29.6 Å². The maximum Gasteiger partial charge on any atom is 0.271 e. The molecule has 2 unspecified atom stereocenters. The zero-order valence-electron chi connectivity index (χ0n) is 17.5. The lowest BCUT2D eigenvalue weighted by Gasteiger charge is -2.41. The number of amides is 2. The first-order valence-corrected chi connectivity index (χ1v) is 12.4. The average Bonchev–Trinajstić information content (AvgIpc) is 3.40. The van der Waals surface area contributed by atoms with E-state index in [1.807, 2.05) is 0 Å². The van der Waals surface area contributed by atoms with Gasteiger partial charge in [-0.25, -0.2) is 4.90 Å². The summed E-state index contributed by atoms with van der Waals surface area (Å²) in [4.78, 5) is 50.0. The van der Waals surface area contributed by atoms with Crippen molar-refractivity contribution in [1.29, 1.82) is 0 Å². The number of fused-ring (bicyclic) bond motifs is 1. The van der Waals surface area contributed by atoms with Crippen LogP contribution in [0.1, 0.15) is 22.8 Å². The van der Waals surface area contributed by atoms with E-state index in [0.717, 1.165) is 16.7 Å². The van der Waals surface area contributed by atoms with E-state index in [1.165, 1.54) is 47.0 Å². The first-order chi connectivity index (χ1) is 16.1. The topological polar surface area (TPSA) is 133 Å². The van der Waals surface area contributed by atoms with E-state index in [1.54, 1.807) is 19.1 Å². The number of carbonyl (C=O) groups is 3. The van der Waals surface area contributed by atoms with E-state index in [4.69, 9.17) is 12.2 Å². The summed E-state index contributed by atoms with van der Waals surface area (Å²) in [5.41, 5.74) is 0.897. The number of rotatable bonds is 2. The van der Waals surface area contributed by atoms with Gasteiger partial charge in [0.15, 0.2) is 5.11 Å². The molecular weight excluding hydrogens is 500 g/mol. The molecule has 5 rings (SSSR count). The SMILES string of the molecule is CC1(c2ccc(O)cc2)SCC(=O)N1C(=S)N1C(=O)CSC12Nc1cc([N+](=O)[O-])ccc1C2=O. The lowest BCUT2D eigenvalue weighted by Crippen LogP contribution is -2.61. The number of carbonyl (C=O) groups excluding carboxylic acids is 3. The van der Waals surface area contributed by atoms with Crippen LogP contribution in [0.5, 0.6) is 5.75 Å². The van der Waals surface area contributed by atoms with Crippen molar-refractivity contribution in [3.63, 3.8) is 0 Å². The smallest absolute Gasteiger partial charge is 0.271 e. The molecule has 34 heavy (non-hydrogen) atoms. The molecular formula is C21H16N4O6S3. The van der Waals surface area contributed by atoms with E-state index in [0.29, 0.717) is 5.56 Å². The fraction of sp³-hybridized carbons (Fsp3) is 0.238. The number of hydrogen-bond donors (Lipinski definition) is 2. The van der Waals surface area contributed by atoms with Crippen LogP contribution in [0.4, 0.5) is 11.4 Å². The van der Waals surface area contributed by atoms with Crippen LogP contribution in [-0.2, 0) is 14.5 Å². The Morgan fingerprint density at radius 1 is 1.09 bits per heavy atom. The maximum absolute atomic E-state index is 13.5. The summed E-state index contributed by atoms with van der Waals surface area (Å²) in [7, 11) is 0. The highest BCUT2D eigenvalue weighted by Gasteiger charge is 2.61. The predicted octanol–water partition coefficient (Wildman–Crippen LogP) is 2.87. The number of non-ortho nitro benzene ring substituents is 1. The molecule has 1 spiro atoms. The molecule has 2 N–H and O–H groups in total. The predicted molar refractivity (Wildman–Crippen MR) is 130 cm³/mol. The van der Waals surface area contributed by atoms with Crippen LogP contribution in [0.3, 0.4) is 0 Å². The third kappa shape index (κ3) is 3.11. The number of anilines is 1. The third-order valence-corrected chi connectivity index (χ3v) is 8.99. The van der Waals surface area contributed by atoms with Gasteiger partial charge in [0.25, 0.3) is 5.69 Å². The number of nitrogens with one attached hydrogen (secondary N) is 1. The number of nitrogens with zero attached hydrogens (tertiary/aromatic N) is 3. The van der Waals surface area contributed by atoms with Crippen LogP contribution in [-0.4, -0.2) is 59.0 Å². The Bertz CT molecular complexity index is 1300. The van der Waals surface area contributed by atoms with Crippen molar-refractivity contribution < 1.29 is 24.4 Å². The number of thiocarbonyl (C=S) groups is 1. The molecule has 2 fully saturated rings. The van der Waals surface area contributed by atoms with E-state index >= 15 is 0 Å². The maximum atomic E-state index is 13.5. The number of phenols is 1. The summed E-state index contributed by atoms with van der Waals surface area (Å²) in [6.45, 7) is 1.78. The van der Waals surface area contributed by atoms with Crippen LogP contribution in [0.25, 0.3) is 0 Å². The van der Waals surface area contributed by atoms with Crippen molar-refractivity contribution in [2.75, 3.05) is 16.8 Å². The van der Waals surface area contributed by atoms with Gasteiger partial charge in [-0.1, -0.05) is 23.9 Å². The van der Waals surface area contributed by atoms with Crippen molar-refractivity contribution in [1.82, 2.24) is 9.80 Å². The second kappa shape index (κ2) is 7.68. The summed E-state index contributed by atoms with van der Waals surface area (Å²) in [5, 5.41) is 23.7. The molecule has 0 bridgehead atoms. The highest BCUT2D eigenvalue weighted by molar-refractivity contribution is 8.02. The van der Waals surface area contributed by atoms with E-state index < -0.39 is 26.5 Å². The molecule has 2 aromatic rings. The Hall–Kier alpha value is -3.16. The van der Waals surface area contributed by atoms with Crippen molar-refractivity contribution in [2.45, 2.75) is 16.8 Å². The number of aromatic hydroxyl groups is 1. The Kier molecular flexibility index (Phi) is 5.11. The van der Waals surface area contributed by atoms with Gasteiger partial charge in [0.1, 0.15) is 10.6 Å². The quantitative estimate of drug-likeness (QED) is 0.349. The van der Waals surface area contributed by atoms with Crippen molar-refractivity contribution in [3.8, 4) is 5.75 Å². The fourth-order valence-corrected chi connectivity index (χ4v) is 7.28. The second-order valence-corrected chi connectivity index (χ2v) is 10.8. The molecule has 0 aromatic heterocycles. The average molecular weight is 517 g/mol. The van der Waals surface area contributed by atoms with Gasteiger partial charge in [0.2, 0.25) is 22.6 Å². The first-order valence-electron chi connectivity index (χ1n) is 9.97. The highest BCUT2D eigenvalue weighted by atomic mass is 32.2. The van der Waals surface area contributed by atoms with Crippen molar-refractivity contribution >= 4 is 69.8 Å². The molecule has 174 valence electrons. The van der Waals surface area contributed by atoms with E-state index in [2.05, 4.69) is 5.32 Å². The second-order valence-electron chi connectivity index (χ2n) is 7.93. The summed E-state index contributed by atoms with van der Waals surface area (Å²) >= 11 is 8.01. The number of nitro groups is 1. The van der Waals surface area contributed by atoms with Gasteiger partial charge in [0.05, 0.1) is 22.1 Å². The van der Waals surface area contributed by atoms with Crippen molar-refractivity contribution in [2.24, 2.45) is 0 Å². The zero-order valence-corrected chi connectivity index (χ0v) is 20.0. The summed E-state index contributed by atoms with van der Waals surface area (Å²) in [6, 6.07) is 10.1. The van der Waals surface area contributed by atoms with Gasteiger partial charge in [-0.2, -0.15) is 0 Å². The number of phenolic OH excluding ortho intramolecular Hbond substituents is 1. The zero-order chi connectivity index (χ0) is 24.4.